The second-order valence-electron chi connectivity index (χ2n) is 5.30. The molecule has 0 atom stereocenters. The molecule has 2 aromatic heterocycles. The smallest absolute Gasteiger partial charge is 0.262 e. The number of imidazole rings is 1. The van der Waals surface area contributed by atoms with Crippen LogP contribution in [0.3, 0.4) is 0 Å². The van der Waals surface area contributed by atoms with Crippen molar-refractivity contribution in [1.82, 2.24) is 9.38 Å². The van der Waals surface area contributed by atoms with Gasteiger partial charge in [0.1, 0.15) is 11.4 Å². The number of nitrogens with zero attached hydrogens (tertiary/aromatic N) is 2. The van der Waals surface area contributed by atoms with E-state index in [4.69, 9.17) is 4.74 Å². The number of aryl methyl sites for hydroxylation is 2. The molecule has 0 amide bonds. The molecule has 0 aliphatic rings. The molecular weight excluding hydrogens is 314 g/mol. The highest BCUT2D eigenvalue weighted by molar-refractivity contribution is 7.92. The van der Waals surface area contributed by atoms with Crippen LogP contribution in [0.1, 0.15) is 11.1 Å². The number of hydrogen-bond donors (Lipinski definition) is 1. The van der Waals surface area contributed by atoms with Crippen LogP contribution in [-0.4, -0.2) is 24.9 Å². The van der Waals surface area contributed by atoms with Crippen LogP contribution >= 0.6 is 0 Å². The van der Waals surface area contributed by atoms with Gasteiger partial charge < -0.3 is 9.14 Å². The van der Waals surface area contributed by atoms with Gasteiger partial charge in [0.15, 0.2) is 0 Å². The number of ether oxygens (including phenoxy) is 1. The zero-order valence-electron chi connectivity index (χ0n) is 13.1. The molecule has 0 unspecified atom stereocenters. The summed E-state index contributed by atoms with van der Waals surface area (Å²) in [6.07, 6.45) is 5.10. The number of pyridine rings is 1. The van der Waals surface area contributed by atoms with Crippen LogP contribution in [0.25, 0.3) is 5.65 Å². The van der Waals surface area contributed by atoms with Crippen molar-refractivity contribution in [2.45, 2.75) is 18.7 Å². The Morgan fingerprint density at radius 1 is 1.17 bits per heavy atom. The third-order valence-electron chi connectivity index (χ3n) is 3.62. The summed E-state index contributed by atoms with van der Waals surface area (Å²) in [7, 11) is -2.12. The van der Waals surface area contributed by atoms with E-state index in [9.17, 15) is 8.42 Å². The lowest BCUT2D eigenvalue weighted by Gasteiger charge is -2.13. The molecule has 1 N–H and O–H groups in total. The summed E-state index contributed by atoms with van der Waals surface area (Å²) in [5, 5.41) is 0. The van der Waals surface area contributed by atoms with Crippen molar-refractivity contribution >= 4 is 21.4 Å². The number of benzene rings is 1. The number of hydrogen-bond acceptors (Lipinski definition) is 4. The van der Waals surface area contributed by atoms with Crippen molar-refractivity contribution in [1.29, 1.82) is 0 Å². The second kappa shape index (κ2) is 5.58. The highest BCUT2D eigenvalue weighted by Crippen LogP contribution is 2.27. The van der Waals surface area contributed by atoms with Crippen molar-refractivity contribution < 1.29 is 13.2 Å². The van der Waals surface area contributed by atoms with E-state index in [0.29, 0.717) is 17.0 Å². The fourth-order valence-electron chi connectivity index (χ4n) is 2.46. The van der Waals surface area contributed by atoms with E-state index in [-0.39, 0.29) is 4.90 Å². The summed E-state index contributed by atoms with van der Waals surface area (Å²) < 4.78 is 34.9. The maximum Gasteiger partial charge on any atom is 0.262 e. The number of fused-ring (bicyclic) bond motifs is 1. The maximum atomic E-state index is 12.7. The molecule has 3 rings (SSSR count). The van der Waals surface area contributed by atoms with Gasteiger partial charge in [0.25, 0.3) is 10.0 Å². The van der Waals surface area contributed by atoms with Gasteiger partial charge in [-0.05, 0) is 49.2 Å². The molecule has 0 fully saturated rings. The van der Waals surface area contributed by atoms with Crippen molar-refractivity contribution in [2.24, 2.45) is 0 Å². The maximum absolute atomic E-state index is 12.7. The Morgan fingerprint density at radius 2 is 1.96 bits per heavy atom. The molecule has 0 aliphatic heterocycles. The van der Waals surface area contributed by atoms with E-state index in [1.807, 2.05) is 6.92 Å². The van der Waals surface area contributed by atoms with E-state index in [1.54, 1.807) is 61.3 Å². The van der Waals surface area contributed by atoms with Crippen LogP contribution in [0.15, 0.2) is 47.8 Å². The van der Waals surface area contributed by atoms with Crippen molar-refractivity contribution in [3.05, 3.63) is 54.0 Å². The van der Waals surface area contributed by atoms with Crippen molar-refractivity contribution in [2.75, 3.05) is 11.8 Å². The molecule has 0 bridgehead atoms. The van der Waals surface area contributed by atoms with Gasteiger partial charge in [-0.15, -0.1) is 0 Å². The van der Waals surface area contributed by atoms with Gasteiger partial charge in [-0.2, -0.15) is 0 Å². The minimum absolute atomic E-state index is 0.238. The van der Waals surface area contributed by atoms with Crippen LogP contribution in [0.4, 0.5) is 5.69 Å². The van der Waals surface area contributed by atoms with Crippen LogP contribution in [0.2, 0.25) is 0 Å². The Morgan fingerprint density at radius 3 is 2.70 bits per heavy atom. The largest absolute Gasteiger partial charge is 0.496 e. The van der Waals surface area contributed by atoms with E-state index in [1.165, 1.54) is 0 Å². The van der Waals surface area contributed by atoms with Gasteiger partial charge in [0.2, 0.25) is 0 Å². The summed E-state index contributed by atoms with van der Waals surface area (Å²) >= 11 is 0. The molecule has 0 saturated heterocycles. The first-order chi connectivity index (χ1) is 10.9. The molecule has 6 nitrogen and oxygen atoms in total. The minimum atomic E-state index is -3.68. The first-order valence-corrected chi connectivity index (χ1v) is 8.50. The van der Waals surface area contributed by atoms with Crippen LogP contribution in [0, 0.1) is 13.8 Å². The minimum Gasteiger partial charge on any atom is -0.496 e. The average molecular weight is 331 g/mol. The topological polar surface area (TPSA) is 72.7 Å². The fraction of sp³-hybridized carbons (Fsp3) is 0.188. The van der Waals surface area contributed by atoms with Crippen molar-refractivity contribution in [3.8, 4) is 5.75 Å². The summed E-state index contributed by atoms with van der Waals surface area (Å²) in [5.74, 6) is 0.668. The molecule has 0 saturated carbocycles. The van der Waals surface area contributed by atoms with Crippen LogP contribution < -0.4 is 9.46 Å². The number of sulfonamides is 1. The Hall–Kier alpha value is -2.54. The van der Waals surface area contributed by atoms with Crippen LogP contribution in [-0.2, 0) is 10.0 Å². The fourth-order valence-corrected chi connectivity index (χ4v) is 3.82. The molecule has 23 heavy (non-hydrogen) atoms. The standard InChI is InChI=1S/C16H17N3O3S/c1-11-9-15(12(2)8-14(11)22-3)23(20,21)18-13-4-5-16-17-6-7-19(16)10-13/h4-10,18H,1-3H3. The third kappa shape index (κ3) is 2.87. The number of methoxy groups -OCH3 is 1. The Balaban J connectivity index is 1.99. The normalized spacial score (nSPS) is 11.6. The molecule has 2 heterocycles. The average Bonchev–Trinajstić information content (AvgIpc) is 2.96. The van der Waals surface area contributed by atoms with Crippen molar-refractivity contribution in [3.63, 3.8) is 0 Å². The number of nitrogens with one attached hydrogen (secondary N) is 1. The predicted octanol–water partition coefficient (Wildman–Crippen LogP) is 2.76. The summed E-state index contributed by atoms with van der Waals surface area (Å²) in [4.78, 5) is 4.37. The lowest BCUT2D eigenvalue weighted by atomic mass is 10.1. The van der Waals surface area contributed by atoms with Gasteiger partial charge in [-0.25, -0.2) is 13.4 Å². The molecule has 3 aromatic rings. The lowest BCUT2D eigenvalue weighted by molar-refractivity contribution is 0.411. The van der Waals surface area contributed by atoms with E-state index in [0.717, 1.165) is 11.2 Å². The number of anilines is 1. The monoisotopic (exact) mass is 331 g/mol. The van der Waals surface area contributed by atoms with Crippen LogP contribution in [0.5, 0.6) is 5.75 Å². The first kappa shape index (κ1) is 15.4. The molecule has 120 valence electrons. The molecule has 0 spiro atoms. The highest BCUT2D eigenvalue weighted by Gasteiger charge is 2.19. The summed E-state index contributed by atoms with van der Waals surface area (Å²) in [6, 6.07) is 6.78. The van der Waals surface area contributed by atoms with E-state index >= 15 is 0 Å². The molecule has 1 aromatic carbocycles. The zero-order chi connectivity index (χ0) is 16.6. The zero-order valence-corrected chi connectivity index (χ0v) is 13.9. The Kier molecular flexibility index (Phi) is 3.73. The Bertz CT molecular complexity index is 977. The molecule has 0 aliphatic carbocycles. The first-order valence-electron chi connectivity index (χ1n) is 7.01. The highest BCUT2D eigenvalue weighted by atomic mass is 32.2. The summed E-state index contributed by atoms with van der Waals surface area (Å²) in [5.41, 5.74) is 2.62. The third-order valence-corrected chi connectivity index (χ3v) is 5.15. The van der Waals surface area contributed by atoms with Gasteiger partial charge in [0.05, 0.1) is 17.7 Å². The lowest BCUT2D eigenvalue weighted by Crippen LogP contribution is -2.15. The van der Waals surface area contributed by atoms with Gasteiger partial charge in [0, 0.05) is 18.6 Å². The molecule has 7 heteroatoms. The number of rotatable bonds is 4. The predicted molar refractivity (Wildman–Crippen MR) is 88.5 cm³/mol. The van der Waals surface area contributed by atoms with Gasteiger partial charge >= 0.3 is 0 Å². The van der Waals surface area contributed by atoms with Gasteiger partial charge in [-0.3, -0.25) is 4.72 Å². The SMILES string of the molecule is COc1cc(C)c(S(=O)(=O)Nc2ccc3nccn3c2)cc1C. The van der Waals surface area contributed by atoms with E-state index < -0.39 is 10.0 Å². The van der Waals surface area contributed by atoms with Gasteiger partial charge in [-0.1, -0.05) is 0 Å². The Labute approximate surface area is 134 Å². The summed E-state index contributed by atoms with van der Waals surface area (Å²) in [6.45, 7) is 3.56. The number of aromatic nitrogens is 2. The second-order valence-corrected chi connectivity index (χ2v) is 6.95. The quantitative estimate of drug-likeness (QED) is 0.798. The van der Waals surface area contributed by atoms with E-state index in [2.05, 4.69) is 9.71 Å². The molecular formula is C16H17N3O3S. The molecule has 0 radical (unpaired) electrons.